The highest BCUT2D eigenvalue weighted by atomic mass is 127. The van der Waals surface area contributed by atoms with Gasteiger partial charge in [0.1, 0.15) is 5.82 Å². The molecular formula is C20H36IN5O2. The second kappa shape index (κ2) is 14.8. The van der Waals surface area contributed by atoms with Gasteiger partial charge in [0.2, 0.25) is 0 Å². The molecule has 1 atom stereocenters. The molecule has 1 unspecified atom stereocenters. The zero-order chi connectivity index (χ0) is 19.3. The third-order valence-electron chi connectivity index (χ3n) is 4.46. The van der Waals surface area contributed by atoms with Crippen LogP contribution in [0.4, 0.5) is 5.82 Å². The highest BCUT2D eigenvalue weighted by Gasteiger charge is 2.17. The van der Waals surface area contributed by atoms with Crippen molar-refractivity contribution >= 4 is 35.8 Å². The number of hydrogen-bond donors (Lipinski definition) is 2. The van der Waals surface area contributed by atoms with Gasteiger partial charge in [0.05, 0.1) is 12.7 Å². The highest BCUT2D eigenvalue weighted by molar-refractivity contribution is 14.0. The lowest BCUT2D eigenvalue weighted by atomic mass is 10.2. The Morgan fingerprint density at radius 3 is 2.82 bits per heavy atom. The van der Waals surface area contributed by atoms with Crippen molar-refractivity contribution in [3.63, 3.8) is 0 Å². The summed E-state index contributed by atoms with van der Waals surface area (Å²) in [7, 11) is 1.79. The van der Waals surface area contributed by atoms with Crippen LogP contribution in [-0.4, -0.2) is 63.6 Å². The topological polar surface area (TPSA) is 71.0 Å². The summed E-state index contributed by atoms with van der Waals surface area (Å²) in [5.74, 6) is 1.81. The van der Waals surface area contributed by atoms with Crippen molar-refractivity contribution in [1.29, 1.82) is 0 Å². The van der Waals surface area contributed by atoms with Crippen molar-refractivity contribution in [2.24, 2.45) is 4.99 Å². The molecule has 1 aromatic heterocycles. The fraction of sp³-hybridized carbons (Fsp3) is 0.700. The SMILES string of the molecule is CCCCOCCCNC(=NC)NCc1ccc(N2CCOC(C)C2)nc1.I. The van der Waals surface area contributed by atoms with Crippen molar-refractivity contribution < 1.29 is 9.47 Å². The average Bonchev–Trinajstić information content (AvgIpc) is 2.70. The highest BCUT2D eigenvalue weighted by Crippen LogP contribution is 2.15. The number of unbranched alkanes of at least 4 members (excludes halogenated alkanes) is 1. The second-order valence-electron chi connectivity index (χ2n) is 6.82. The zero-order valence-electron chi connectivity index (χ0n) is 17.4. The van der Waals surface area contributed by atoms with E-state index >= 15 is 0 Å². The number of anilines is 1. The lowest BCUT2D eigenvalue weighted by Crippen LogP contribution is -2.41. The van der Waals surface area contributed by atoms with E-state index in [1.54, 1.807) is 7.05 Å². The molecule has 1 aliphatic rings. The lowest BCUT2D eigenvalue weighted by molar-refractivity contribution is 0.0529. The van der Waals surface area contributed by atoms with Crippen molar-refractivity contribution in [2.45, 2.75) is 45.8 Å². The molecule has 7 nitrogen and oxygen atoms in total. The Kier molecular flexibility index (Phi) is 13.2. The lowest BCUT2D eigenvalue weighted by Gasteiger charge is -2.32. The molecule has 1 saturated heterocycles. The number of nitrogens with zero attached hydrogens (tertiary/aromatic N) is 3. The van der Waals surface area contributed by atoms with Gasteiger partial charge in [0.25, 0.3) is 0 Å². The van der Waals surface area contributed by atoms with Crippen LogP contribution in [0.5, 0.6) is 0 Å². The molecule has 0 saturated carbocycles. The number of halogens is 1. The number of aliphatic imine (C=N–C) groups is 1. The van der Waals surface area contributed by atoms with E-state index in [1.165, 1.54) is 6.42 Å². The summed E-state index contributed by atoms with van der Waals surface area (Å²) in [6.07, 6.45) is 5.47. The summed E-state index contributed by atoms with van der Waals surface area (Å²) in [6.45, 7) is 10.0. The molecule has 0 spiro atoms. The Labute approximate surface area is 186 Å². The molecule has 0 bridgehead atoms. The average molecular weight is 505 g/mol. The van der Waals surface area contributed by atoms with E-state index in [2.05, 4.69) is 51.5 Å². The molecule has 0 aromatic carbocycles. The maximum atomic E-state index is 5.59. The second-order valence-corrected chi connectivity index (χ2v) is 6.82. The van der Waals surface area contributed by atoms with Crippen LogP contribution in [0.3, 0.4) is 0 Å². The van der Waals surface area contributed by atoms with Gasteiger partial charge in [-0.05, 0) is 31.4 Å². The maximum absolute atomic E-state index is 5.59. The van der Waals surface area contributed by atoms with Gasteiger partial charge < -0.3 is 25.0 Å². The Morgan fingerprint density at radius 2 is 2.14 bits per heavy atom. The summed E-state index contributed by atoms with van der Waals surface area (Å²) in [5, 5.41) is 6.64. The molecular weight excluding hydrogens is 469 g/mol. The molecule has 0 amide bonds. The fourth-order valence-electron chi connectivity index (χ4n) is 2.87. The van der Waals surface area contributed by atoms with Crippen molar-refractivity contribution in [2.75, 3.05) is 51.4 Å². The number of morpholine rings is 1. The fourth-order valence-corrected chi connectivity index (χ4v) is 2.87. The largest absolute Gasteiger partial charge is 0.381 e. The Bertz CT molecular complexity index is 556. The number of nitrogens with one attached hydrogen (secondary N) is 2. The van der Waals surface area contributed by atoms with Crippen LogP contribution in [-0.2, 0) is 16.0 Å². The smallest absolute Gasteiger partial charge is 0.191 e. The third-order valence-corrected chi connectivity index (χ3v) is 4.46. The van der Waals surface area contributed by atoms with Gasteiger partial charge in [-0.3, -0.25) is 4.99 Å². The molecule has 1 aromatic rings. The first-order valence-electron chi connectivity index (χ1n) is 10.1. The van der Waals surface area contributed by atoms with E-state index < -0.39 is 0 Å². The van der Waals surface area contributed by atoms with E-state index in [0.717, 1.165) is 69.6 Å². The van der Waals surface area contributed by atoms with E-state index in [-0.39, 0.29) is 30.1 Å². The molecule has 2 rings (SSSR count). The van der Waals surface area contributed by atoms with Crippen LogP contribution in [0.2, 0.25) is 0 Å². The van der Waals surface area contributed by atoms with Gasteiger partial charge in [-0.25, -0.2) is 4.98 Å². The molecule has 8 heteroatoms. The number of pyridine rings is 1. The summed E-state index contributed by atoms with van der Waals surface area (Å²) >= 11 is 0. The summed E-state index contributed by atoms with van der Waals surface area (Å²) < 4.78 is 11.2. The van der Waals surface area contributed by atoms with E-state index in [1.807, 2.05) is 6.20 Å². The first-order valence-corrected chi connectivity index (χ1v) is 10.1. The van der Waals surface area contributed by atoms with E-state index in [4.69, 9.17) is 9.47 Å². The normalized spacial score (nSPS) is 17.2. The molecule has 0 radical (unpaired) electrons. The van der Waals surface area contributed by atoms with Crippen LogP contribution in [0, 0.1) is 0 Å². The first-order chi connectivity index (χ1) is 13.2. The molecule has 160 valence electrons. The molecule has 1 aliphatic heterocycles. The minimum atomic E-state index is 0. The monoisotopic (exact) mass is 505 g/mol. The summed E-state index contributed by atoms with van der Waals surface area (Å²) in [5.41, 5.74) is 1.13. The van der Waals surface area contributed by atoms with Gasteiger partial charge in [-0.1, -0.05) is 19.4 Å². The van der Waals surface area contributed by atoms with Crippen LogP contribution in [0.25, 0.3) is 0 Å². The molecule has 2 N–H and O–H groups in total. The van der Waals surface area contributed by atoms with Gasteiger partial charge in [0, 0.05) is 52.6 Å². The number of hydrogen-bond acceptors (Lipinski definition) is 5. The van der Waals surface area contributed by atoms with Gasteiger partial charge in [0.15, 0.2) is 5.96 Å². The predicted octanol–water partition coefficient (Wildman–Crippen LogP) is 2.80. The van der Waals surface area contributed by atoms with Crippen molar-refractivity contribution in [3.05, 3.63) is 23.9 Å². The molecule has 28 heavy (non-hydrogen) atoms. The molecule has 1 fully saturated rings. The first kappa shape index (κ1) is 24.9. The zero-order valence-corrected chi connectivity index (χ0v) is 19.8. The van der Waals surface area contributed by atoms with Crippen LogP contribution < -0.4 is 15.5 Å². The number of guanidine groups is 1. The van der Waals surface area contributed by atoms with Gasteiger partial charge >= 0.3 is 0 Å². The van der Waals surface area contributed by atoms with Crippen molar-refractivity contribution in [3.8, 4) is 0 Å². The van der Waals surface area contributed by atoms with E-state index in [0.29, 0.717) is 6.54 Å². The number of aromatic nitrogens is 1. The van der Waals surface area contributed by atoms with Gasteiger partial charge in [-0.2, -0.15) is 0 Å². The van der Waals surface area contributed by atoms with E-state index in [9.17, 15) is 0 Å². The Hall–Kier alpha value is -1.13. The predicted molar refractivity (Wildman–Crippen MR) is 126 cm³/mol. The van der Waals surface area contributed by atoms with Crippen LogP contribution >= 0.6 is 24.0 Å². The molecule has 2 heterocycles. The minimum absolute atomic E-state index is 0. The number of ether oxygens (including phenoxy) is 2. The standard InChI is InChI=1S/C20H35N5O2.HI/c1-4-5-11-26-12-6-9-22-20(21-3)24-15-18-7-8-19(23-14-18)25-10-13-27-17(2)16-25;/h7-8,14,17H,4-6,9-13,15-16H2,1-3H3,(H2,21,22,24);1H. The Morgan fingerprint density at radius 1 is 1.32 bits per heavy atom. The Balaban J connectivity index is 0.00000392. The number of rotatable bonds is 10. The van der Waals surface area contributed by atoms with Crippen LogP contribution in [0.1, 0.15) is 38.7 Å². The summed E-state index contributed by atoms with van der Waals surface area (Å²) in [4.78, 5) is 11.1. The van der Waals surface area contributed by atoms with Crippen LogP contribution in [0.15, 0.2) is 23.3 Å². The summed E-state index contributed by atoms with van der Waals surface area (Å²) in [6, 6.07) is 4.20. The van der Waals surface area contributed by atoms with Crippen molar-refractivity contribution in [1.82, 2.24) is 15.6 Å². The third kappa shape index (κ3) is 9.38. The minimum Gasteiger partial charge on any atom is -0.381 e. The molecule has 0 aliphatic carbocycles. The van der Waals surface area contributed by atoms with Gasteiger partial charge in [-0.15, -0.1) is 24.0 Å². The maximum Gasteiger partial charge on any atom is 0.191 e. The quantitative estimate of drug-likeness (QED) is 0.221.